The minimum Gasteiger partial charge on any atom is -0.339 e. The third-order valence-electron chi connectivity index (χ3n) is 4.44. The predicted molar refractivity (Wildman–Crippen MR) is 108 cm³/mol. The summed E-state index contributed by atoms with van der Waals surface area (Å²) in [5.41, 5.74) is 7.18. The van der Waals surface area contributed by atoms with Crippen molar-refractivity contribution in [3.8, 4) is 0 Å². The number of amides is 2. The Balaban J connectivity index is 0.00000312. The van der Waals surface area contributed by atoms with Crippen LogP contribution in [0.15, 0.2) is 24.3 Å². The highest BCUT2D eigenvalue weighted by Gasteiger charge is 2.21. The summed E-state index contributed by atoms with van der Waals surface area (Å²) in [6.07, 6.45) is 4.77. The second-order valence-corrected chi connectivity index (χ2v) is 7.41. The van der Waals surface area contributed by atoms with Crippen LogP contribution in [-0.2, 0) is 4.79 Å². The summed E-state index contributed by atoms with van der Waals surface area (Å²) in [7, 11) is 0. The summed E-state index contributed by atoms with van der Waals surface area (Å²) in [4.78, 5) is 26.4. The molecular weight excluding hydrogens is 358 g/mol. The molecule has 2 amide bonds. The molecular formula is C18H28ClN3O2S. The van der Waals surface area contributed by atoms with Crippen LogP contribution in [-0.4, -0.2) is 47.9 Å². The molecule has 5 nitrogen and oxygen atoms in total. The zero-order valence-electron chi connectivity index (χ0n) is 14.9. The Labute approximate surface area is 160 Å². The van der Waals surface area contributed by atoms with Crippen LogP contribution in [0.3, 0.4) is 0 Å². The molecule has 1 aliphatic rings. The summed E-state index contributed by atoms with van der Waals surface area (Å²) in [6, 6.07) is 6.55. The average Bonchev–Trinajstić information content (AvgIpc) is 2.60. The van der Waals surface area contributed by atoms with Crippen molar-refractivity contribution in [1.82, 2.24) is 4.90 Å². The van der Waals surface area contributed by atoms with Crippen LogP contribution in [0.1, 0.15) is 36.5 Å². The number of likely N-dealkylation sites (tertiary alicyclic amines) is 1. The van der Waals surface area contributed by atoms with E-state index >= 15 is 0 Å². The van der Waals surface area contributed by atoms with Crippen molar-refractivity contribution < 1.29 is 9.59 Å². The molecule has 1 aromatic rings. The van der Waals surface area contributed by atoms with Gasteiger partial charge in [0.25, 0.3) is 5.91 Å². The van der Waals surface area contributed by atoms with Gasteiger partial charge in [0.15, 0.2) is 0 Å². The summed E-state index contributed by atoms with van der Waals surface area (Å²) in [5, 5.41) is 2.80. The van der Waals surface area contributed by atoms with E-state index in [-0.39, 0.29) is 24.2 Å². The Kier molecular flexibility index (Phi) is 9.32. The second-order valence-electron chi connectivity index (χ2n) is 6.43. The van der Waals surface area contributed by atoms with Crippen molar-refractivity contribution in [3.05, 3.63) is 29.8 Å². The highest BCUT2D eigenvalue weighted by molar-refractivity contribution is 7.98. The molecule has 3 N–H and O–H groups in total. The van der Waals surface area contributed by atoms with Gasteiger partial charge in [-0.2, -0.15) is 11.8 Å². The third-order valence-corrected chi connectivity index (χ3v) is 5.08. The van der Waals surface area contributed by atoms with Crippen molar-refractivity contribution in [1.29, 1.82) is 0 Å². The second kappa shape index (κ2) is 10.7. The van der Waals surface area contributed by atoms with Crippen molar-refractivity contribution in [3.63, 3.8) is 0 Å². The molecule has 0 unspecified atom stereocenters. The number of carbonyl (C=O) groups excluding carboxylic acids is 2. The number of nitrogens with two attached hydrogens (primary N) is 1. The maximum atomic E-state index is 12.5. The molecule has 7 heteroatoms. The topological polar surface area (TPSA) is 75.4 Å². The zero-order chi connectivity index (χ0) is 17.5. The first-order chi connectivity index (χ1) is 11.5. The van der Waals surface area contributed by atoms with E-state index < -0.39 is 6.04 Å². The molecule has 1 fully saturated rings. The monoisotopic (exact) mass is 385 g/mol. The summed E-state index contributed by atoms with van der Waals surface area (Å²) < 4.78 is 0. The average molecular weight is 386 g/mol. The van der Waals surface area contributed by atoms with Crippen LogP contribution in [0.2, 0.25) is 0 Å². The molecule has 0 bridgehead atoms. The van der Waals surface area contributed by atoms with Crippen molar-refractivity contribution in [2.75, 3.05) is 30.4 Å². The van der Waals surface area contributed by atoms with Crippen molar-refractivity contribution in [2.45, 2.75) is 32.2 Å². The lowest BCUT2D eigenvalue weighted by molar-refractivity contribution is -0.117. The molecule has 0 aromatic heterocycles. The molecule has 25 heavy (non-hydrogen) atoms. The van der Waals surface area contributed by atoms with Gasteiger partial charge >= 0.3 is 0 Å². The fourth-order valence-electron chi connectivity index (χ4n) is 2.70. The fourth-order valence-corrected chi connectivity index (χ4v) is 3.19. The minimum atomic E-state index is -0.505. The van der Waals surface area contributed by atoms with Crippen LogP contribution < -0.4 is 11.1 Å². The summed E-state index contributed by atoms with van der Waals surface area (Å²) in [6.45, 7) is 3.87. The maximum Gasteiger partial charge on any atom is 0.253 e. The van der Waals surface area contributed by atoms with E-state index in [1.54, 1.807) is 36.0 Å². The number of piperidine rings is 1. The van der Waals surface area contributed by atoms with E-state index in [1.165, 1.54) is 0 Å². The molecule has 0 radical (unpaired) electrons. The Hall–Kier alpha value is -1.24. The number of anilines is 1. The maximum absolute atomic E-state index is 12.5. The molecule has 140 valence electrons. The van der Waals surface area contributed by atoms with Gasteiger partial charge in [-0.05, 0) is 61.5 Å². The molecule has 1 heterocycles. The van der Waals surface area contributed by atoms with Crippen LogP contribution >= 0.6 is 24.2 Å². The third kappa shape index (κ3) is 6.53. The van der Waals surface area contributed by atoms with Gasteiger partial charge in [0, 0.05) is 24.3 Å². The zero-order valence-corrected chi connectivity index (χ0v) is 16.5. The van der Waals surface area contributed by atoms with Crippen LogP contribution in [0.4, 0.5) is 5.69 Å². The molecule has 1 aromatic carbocycles. The minimum absolute atomic E-state index is 0. The number of benzene rings is 1. The van der Waals surface area contributed by atoms with E-state index in [4.69, 9.17) is 5.73 Å². The Bertz CT molecular complexity index is 560. The van der Waals surface area contributed by atoms with Crippen LogP contribution in [0, 0.1) is 5.92 Å². The van der Waals surface area contributed by atoms with Crippen molar-refractivity contribution >= 4 is 41.7 Å². The van der Waals surface area contributed by atoms with Crippen molar-refractivity contribution in [2.24, 2.45) is 11.7 Å². The van der Waals surface area contributed by atoms with E-state index in [9.17, 15) is 9.59 Å². The van der Waals surface area contributed by atoms with E-state index in [1.807, 2.05) is 11.2 Å². The number of carbonyl (C=O) groups is 2. The van der Waals surface area contributed by atoms with Gasteiger partial charge in [-0.3, -0.25) is 9.59 Å². The molecule has 0 aliphatic carbocycles. The lowest BCUT2D eigenvalue weighted by Crippen LogP contribution is -2.38. The van der Waals surface area contributed by atoms with E-state index in [0.717, 1.165) is 31.7 Å². The van der Waals surface area contributed by atoms with Gasteiger partial charge in [-0.15, -0.1) is 12.4 Å². The van der Waals surface area contributed by atoms with Crippen LogP contribution in [0.5, 0.6) is 0 Å². The summed E-state index contributed by atoms with van der Waals surface area (Å²) in [5.74, 6) is 1.43. The number of nitrogens with zero attached hydrogens (tertiary/aromatic N) is 1. The number of hydrogen-bond donors (Lipinski definition) is 2. The van der Waals surface area contributed by atoms with Gasteiger partial charge in [0.1, 0.15) is 0 Å². The molecule has 0 saturated carbocycles. The SMILES string of the molecule is CSCC[C@H](N)C(=O)Nc1ccc(C(=O)N2CCC(C)CC2)cc1.Cl. The van der Waals surface area contributed by atoms with Crippen LogP contribution in [0.25, 0.3) is 0 Å². The first-order valence-corrected chi connectivity index (χ1v) is 9.85. The fraction of sp³-hybridized carbons (Fsp3) is 0.556. The van der Waals surface area contributed by atoms with Gasteiger partial charge in [0.05, 0.1) is 6.04 Å². The number of rotatable bonds is 6. The largest absolute Gasteiger partial charge is 0.339 e. The van der Waals surface area contributed by atoms with Gasteiger partial charge in [0.2, 0.25) is 5.91 Å². The standard InChI is InChI=1S/C18H27N3O2S.ClH/c1-13-7-10-21(11-8-13)18(23)14-3-5-15(6-4-14)20-17(22)16(19)9-12-24-2;/h3-6,13,16H,7-12,19H2,1-2H3,(H,20,22);1H/t16-;/m0./s1. The first-order valence-electron chi connectivity index (χ1n) is 8.46. The Morgan fingerprint density at radius 1 is 1.28 bits per heavy atom. The molecule has 1 saturated heterocycles. The molecule has 1 aliphatic heterocycles. The van der Waals surface area contributed by atoms with Gasteiger partial charge in [-0.1, -0.05) is 6.92 Å². The quantitative estimate of drug-likeness (QED) is 0.789. The first kappa shape index (κ1) is 21.8. The lowest BCUT2D eigenvalue weighted by atomic mass is 9.98. The number of nitrogens with one attached hydrogen (secondary N) is 1. The predicted octanol–water partition coefficient (Wildman–Crippen LogP) is 3.00. The smallest absolute Gasteiger partial charge is 0.253 e. The van der Waals surface area contributed by atoms with E-state index in [2.05, 4.69) is 12.2 Å². The highest BCUT2D eigenvalue weighted by atomic mass is 35.5. The lowest BCUT2D eigenvalue weighted by Gasteiger charge is -2.30. The van der Waals surface area contributed by atoms with Gasteiger partial charge < -0.3 is 16.0 Å². The molecule has 0 spiro atoms. The molecule has 1 atom stereocenters. The summed E-state index contributed by atoms with van der Waals surface area (Å²) >= 11 is 1.67. The Morgan fingerprint density at radius 3 is 2.44 bits per heavy atom. The number of thioether (sulfide) groups is 1. The highest BCUT2D eigenvalue weighted by Crippen LogP contribution is 2.19. The normalized spacial score (nSPS) is 16.0. The van der Waals surface area contributed by atoms with E-state index in [0.29, 0.717) is 23.6 Å². The Morgan fingerprint density at radius 2 is 1.88 bits per heavy atom. The molecule has 2 rings (SSSR count). The van der Waals surface area contributed by atoms with Gasteiger partial charge in [-0.25, -0.2) is 0 Å². The number of hydrogen-bond acceptors (Lipinski definition) is 4. The number of halogens is 1.